The monoisotopic (exact) mass is 266 g/mol. The zero-order valence-electron chi connectivity index (χ0n) is 9.02. The summed E-state index contributed by atoms with van der Waals surface area (Å²) in [4.78, 5) is 10.9. The van der Waals surface area contributed by atoms with Crippen LogP contribution in [0.4, 0.5) is 4.39 Å². The van der Waals surface area contributed by atoms with Gasteiger partial charge in [0.1, 0.15) is 0 Å². The molecule has 0 amide bonds. The van der Waals surface area contributed by atoms with Crippen molar-refractivity contribution in [3.8, 4) is 16.9 Å². The van der Waals surface area contributed by atoms with E-state index in [4.69, 9.17) is 21.8 Å². The third-order valence-electron chi connectivity index (χ3n) is 2.47. The van der Waals surface area contributed by atoms with Gasteiger partial charge in [0, 0.05) is 10.6 Å². The van der Waals surface area contributed by atoms with Gasteiger partial charge in [0.15, 0.2) is 11.6 Å². The summed E-state index contributed by atoms with van der Waals surface area (Å²) in [6, 6.07) is 7.91. The second-order valence-electron chi connectivity index (χ2n) is 3.67. The Bertz CT molecular complexity index is 626. The van der Waals surface area contributed by atoms with Crippen LogP contribution >= 0.6 is 11.6 Å². The number of rotatable bonds is 2. The number of hydrogen-bond donors (Lipinski definition) is 2. The van der Waals surface area contributed by atoms with Crippen molar-refractivity contribution in [1.82, 2.24) is 0 Å². The number of carboxylic acid groups (broad SMARTS) is 1. The molecule has 0 saturated carbocycles. The quantitative estimate of drug-likeness (QED) is 0.874. The molecule has 0 saturated heterocycles. The van der Waals surface area contributed by atoms with Crippen LogP contribution in [0.1, 0.15) is 10.4 Å². The zero-order chi connectivity index (χ0) is 13.3. The Morgan fingerprint density at radius 1 is 1.17 bits per heavy atom. The van der Waals surface area contributed by atoms with E-state index < -0.39 is 17.5 Å². The fourth-order valence-electron chi connectivity index (χ4n) is 1.55. The molecule has 2 rings (SSSR count). The number of aromatic carboxylic acids is 1. The molecule has 0 aromatic heterocycles. The highest BCUT2D eigenvalue weighted by Gasteiger charge is 2.11. The molecule has 0 aliphatic carbocycles. The minimum atomic E-state index is -1.09. The minimum absolute atomic E-state index is 0.0582. The molecule has 0 aliphatic rings. The van der Waals surface area contributed by atoms with Gasteiger partial charge in [-0.2, -0.15) is 0 Å². The summed E-state index contributed by atoms with van der Waals surface area (Å²) in [5.74, 6) is -2.35. The third-order valence-corrected chi connectivity index (χ3v) is 2.80. The highest BCUT2D eigenvalue weighted by atomic mass is 35.5. The first-order valence-corrected chi connectivity index (χ1v) is 5.38. The fraction of sp³-hybridized carbons (Fsp3) is 0. The summed E-state index contributed by atoms with van der Waals surface area (Å²) in [5.41, 5.74) is 0.858. The van der Waals surface area contributed by atoms with Crippen molar-refractivity contribution < 1.29 is 19.4 Å². The molecule has 0 radical (unpaired) electrons. The van der Waals surface area contributed by atoms with Crippen LogP contribution < -0.4 is 0 Å². The molecule has 0 spiro atoms. The van der Waals surface area contributed by atoms with E-state index in [1.165, 1.54) is 30.3 Å². The summed E-state index contributed by atoms with van der Waals surface area (Å²) in [7, 11) is 0. The van der Waals surface area contributed by atoms with E-state index in [-0.39, 0.29) is 5.56 Å². The number of benzene rings is 2. The van der Waals surface area contributed by atoms with Gasteiger partial charge in [-0.3, -0.25) is 0 Å². The molecular weight excluding hydrogens is 259 g/mol. The van der Waals surface area contributed by atoms with Gasteiger partial charge in [-0.15, -0.1) is 0 Å². The van der Waals surface area contributed by atoms with Crippen molar-refractivity contribution in [2.24, 2.45) is 0 Å². The Hall–Kier alpha value is -2.07. The molecule has 0 unspecified atom stereocenters. The van der Waals surface area contributed by atoms with Crippen molar-refractivity contribution in [2.75, 3.05) is 0 Å². The summed E-state index contributed by atoms with van der Waals surface area (Å²) < 4.78 is 13.2. The van der Waals surface area contributed by atoms with E-state index >= 15 is 0 Å². The van der Waals surface area contributed by atoms with Crippen molar-refractivity contribution in [2.45, 2.75) is 0 Å². The zero-order valence-corrected chi connectivity index (χ0v) is 9.78. The lowest BCUT2D eigenvalue weighted by molar-refractivity contribution is 0.0697. The van der Waals surface area contributed by atoms with Crippen LogP contribution in [0.25, 0.3) is 11.1 Å². The Balaban J connectivity index is 2.58. The Labute approximate surface area is 107 Å². The van der Waals surface area contributed by atoms with E-state index in [2.05, 4.69) is 0 Å². The van der Waals surface area contributed by atoms with E-state index in [0.29, 0.717) is 16.1 Å². The van der Waals surface area contributed by atoms with E-state index in [1.807, 2.05) is 0 Å². The van der Waals surface area contributed by atoms with E-state index in [1.54, 1.807) is 0 Å². The predicted molar refractivity (Wildman–Crippen MR) is 65.5 cm³/mol. The SMILES string of the molecule is O=C(O)c1ccc(Cl)c(-c2ccc(O)c(F)c2)c1. The molecule has 0 atom stereocenters. The molecule has 2 aromatic carbocycles. The topological polar surface area (TPSA) is 57.5 Å². The van der Waals surface area contributed by atoms with Gasteiger partial charge in [-0.1, -0.05) is 17.7 Å². The van der Waals surface area contributed by atoms with E-state index in [0.717, 1.165) is 6.07 Å². The predicted octanol–water partition coefficient (Wildman–Crippen LogP) is 3.55. The van der Waals surface area contributed by atoms with Crippen molar-refractivity contribution in [3.05, 3.63) is 52.8 Å². The Morgan fingerprint density at radius 2 is 1.89 bits per heavy atom. The second-order valence-corrected chi connectivity index (χ2v) is 4.07. The maximum Gasteiger partial charge on any atom is 0.335 e. The molecule has 0 bridgehead atoms. The van der Waals surface area contributed by atoms with Crippen LogP contribution in [-0.2, 0) is 0 Å². The molecule has 3 nitrogen and oxygen atoms in total. The first-order chi connectivity index (χ1) is 8.49. The largest absolute Gasteiger partial charge is 0.505 e. The lowest BCUT2D eigenvalue weighted by atomic mass is 10.0. The standard InChI is InChI=1S/C13H8ClFO3/c14-10-3-1-8(13(17)18)5-9(10)7-2-4-12(16)11(15)6-7/h1-6,16H,(H,17,18). The van der Waals surface area contributed by atoms with Gasteiger partial charge in [0.25, 0.3) is 0 Å². The van der Waals surface area contributed by atoms with Gasteiger partial charge >= 0.3 is 5.97 Å². The highest BCUT2D eigenvalue weighted by Crippen LogP contribution is 2.31. The van der Waals surface area contributed by atoms with Crippen molar-refractivity contribution in [1.29, 1.82) is 0 Å². The Kier molecular flexibility index (Phi) is 3.21. The molecule has 18 heavy (non-hydrogen) atoms. The summed E-state index contributed by atoms with van der Waals surface area (Å²) >= 11 is 5.95. The molecular formula is C13H8ClFO3. The fourth-order valence-corrected chi connectivity index (χ4v) is 1.78. The number of carbonyl (C=O) groups is 1. The molecule has 0 aliphatic heterocycles. The minimum Gasteiger partial charge on any atom is -0.505 e. The number of halogens is 2. The molecule has 92 valence electrons. The third kappa shape index (κ3) is 2.28. The lowest BCUT2D eigenvalue weighted by Gasteiger charge is -2.06. The Morgan fingerprint density at radius 3 is 2.50 bits per heavy atom. The van der Waals surface area contributed by atoms with Crippen molar-refractivity contribution in [3.63, 3.8) is 0 Å². The molecule has 2 N–H and O–H groups in total. The van der Waals surface area contributed by atoms with E-state index in [9.17, 15) is 9.18 Å². The highest BCUT2D eigenvalue weighted by molar-refractivity contribution is 6.33. The van der Waals surface area contributed by atoms with Gasteiger partial charge in [0.2, 0.25) is 0 Å². The number of phenolic OH excluding ortho intramolecular Hbond substituents is 1. The van der Waals surface area contributed by atoms with Gasteiger partial charge in [-0.25, -0.2) is 9.18 Å². The maximum absolute atomic E-state index is 13.2. The summed E-state index contributed by atoms with van der Waals surface area (Å²) in [5, 5.41) is 18.3. The first-order valence-electron chi connectivity index (χ1n) is 5.01. The number of phenols is 1. The van der Waals surface area contributed by atoms with Gasteiger partial charge in [-0.05, 0) is 35.9 Å². The van der Waals surface area contributed by atoms with Crippen LogP contribution in [0.5, 0.6) is 5.75 Å². The van der Waals surface area contributed by atoms with Crippen LogP contribution in [0.3, 0.4) is 0 Å². The normalized spacial score (nSPS) is 10.3. The summed E-state index contributed by atoms with van der Waals surface area (Å²) in [6.45, 7) is 0. The van der Waals surface area contributed by atoms with Gasteiger partial charge < -0.3 is 10.2 Å². The van der Waals surface area contributed by atoms with Crippen LogP contribution in [0.2, 0.25) is 5.02 Å². The van der Waals surface area contributed by atoms with Crippen molar-refractivity contribution >= 4 is 17.6 Å². The molecule has 5 heteroatoms. The lowest BCUT2D eigenvalue weighted by Crippen LogP contribution is -1.96. The number of hydrogen-bond acceptors (Lipinski definition) is 2. The molecule has 2 aromatic rings. The average molecular weight is 267 g/mol. The molecule has 0 heterocycles. The molecule has 0 fully saturated rings. The number of carboxylic acids is 1. The maximum atomic E-state index is 13.2. The van der Waals surface area contributed by atoms with Gasteiger partial charge in [0.05, 0.1) is 5.56 Å². The van der Waals surface area contributed by atoms with Crippen LogP contribution in [0, 0.1) is 5.82 Å². The second kappa shape index (κ2) is 4.66. The van der Waals surface area contributed by atoms with Crippen LogP contribution in [0.15, 0.2) is 36.4 Å². The van der Waals surface area contributed by atoms with Crippen LogP contribution in [-0.4, -0.2) is 16.2 Å². The average Bonchev–Trinajstić information content (AvgIpc) is 2.33. The first kappa shape index (κ1) is 12.4. The number of aromatic hydroxyl groups is 1. The smallest absolute Gasteiger partial charge is 0.335 e. The summed E-state index contributed by atoms with van der Waals surface area (Å²) in [6.07, 6.45) is 0.